The van der Waals surface area contributed by atoms with Crippen LogP contribution < -0.4 is 4.90 Å². The van der Waals surface area contributed by atoms with Crippen molar-refractivity contribution in [3.8, 4) is 0 Å². The molecule has 0 radical (unpaired) electrons. The number of amides is 2. The molecule has 8 heteroatoms. The molecule has 1 aromatic carbocycles. The van der Waals surface area contributed by atoms with Gasteiger partial charge in [0.2, 0.25) is 11.8 Å². The SMILES string of the molecule is C[C@]12C=C[C@](C)(O1)[C@@H]1C(=O)N(c3cc([N+](=O)[O-])ccc3Cl)C(=O)[C@@H]12. The molecule has 0 aliphatic carbocycles. The van der Waals surface area contributed by atoms with E-state index < -0.39 is 39.8 Å². The van der Waals surface area contributed by atoms with Crippen molar-refractivity contribution in [1.29, 1.82) is 0 Å². The van der Waals surface area contributed by atoms with Gasteiger partial charge >= 0.3 is 0 Å². The second-order valence-electron chi connectivity index (χ2n) is 6.66. The quantitative estimate of drug-likeness (QED) is 0.354. The van der Waals surface area contributed by atoms with Gasteiger partial charge in [-0.1, -0.05) is 23.8 Å². The number of nitro benzene ring substituents is 1. The van der Waals surface area contributed by atoms with Crippen LogP contribution in [0.5, 0.6) is 0 Å². The molecule has 3 aliphatic rings. The van der Waals surface area contributed by atoms with E-state index in [2.05, 4.69) is 0 Å². The van der Waals surface area contributed by atoms with Gasteiger partial charge in [-0.3, -0.25) is 19.7 Å². The van der Waals surface area contributed by atoms with Crippen molar-refractivity contribution >= 4 is 34.8 Å². The Morgan fingerprint density at radius 2 is 1.71 bits per heavy atom. The van der Waals surface area contributed by atoms with Crippen LogP contribution in [0.1, 0.15) is 13.8 Å². The van der Waals surface area contributed by atoms with E-state index in [0.29, 0.717) is 0 Å². The van der Waals surface area contributed by atoms with Gasteiger partial charge in [0.15, 0.2) is 0 Å². The summed E-state index contributed by atoms with van der Waals surface area (Å²) in [4.78, 5) is 37.2. The van der Waals surface area contributed by atoms with Crippen LogP contribution in [0.25, 0.3) is 0 Å². The van der Waals surface area contributed by atoms with Crippen LogP contribution in [0.2, 0.25) is 5.02 Å². The molecule has 2 saturated heterocycles. The molecule has 3 heterocycles. The van der Waals surface area contributed by atoms with E-state index in [4.69, 9.17) is 16.3 Å². The van der Waals surface area contributed by atoms with Gasteiger partial charge in [0, 0.05) is 12.1 Å². The zero-order valence-corrected chi connectivity index (χ0v) is 13.6. The number of nitro groups is 1. The number of carbonyl (C=O) groups excluding carboxylic acids is 2. The molecule has 0 N–H and O–H groups in total. The Kier molecular flexibility index (Phi) is 2.82. The smallest absolute Gasteiger partial charge is 0.271 e. The first kappa shape index (κ1) is 15.3. The van der Waals surface area contributed by atoms with Crippen molar-refractivity contribution in [3.05, 3.63) is 45.5 Å². The summed E-state index contributed by atoms with van der Waals surface area (Å²) in [6, 6.07) is 3.70. The van der Waals surface area contributed by atoms with Crippen molar-refractivity contribution in [1.82, 2.24) is 0 Å². The summed E-state index contributed by atoms with van der Waals surface area (Å²) in [7, 11) is 0. The molecule has 3 aliphatic heterocycles. The van der Waals surface area contributed by atoms with Gasteiger partial charge in [-0.2, -0.15) is 0 Å². The van der Waals surface area contributed by atoms with Gasteiger partial charge in [0.05, 0.1) is 38.7 Å². The third-order valence-corrected chi connectivity index (χ3v) is 5.43. The molecule has 4 rings (SSSR count). The zero-order chi connectivity index (χ0) is 17.4. The average Bonchev–Trinajstić information content (AvgIpc) is 3.05. The molecule has 4 atom stereocenters. The summed E-state index contributed by atoms with van der Waals surface area (Å²) in [5.41, 5.74) is -1.90. The molecule has 1 aromatic rings. The normalized spacial score (nSPS) is 36.5. The molecule has 0 saturated carbocycles. The number of halogens is 1. The number of hydrogen-bond donors (Lipinski definition) is 0. The van der Waals surface area contributed by atoms with Crippen LogP contribution in [-0.4, -0.2) is 27.9 Å². The minimum absolute atomic E-state index is 0.0434. The fourth-order valence-electron chi connectivity index (χ4n) is 4.05. The van der Waals surface area contributed by atoms with Gasteiger partial charge in [0.25, 0.3) is 5.69 Å². The molecule has 2 amide bonds. The highest BCUT2D eigenvalue weighted by Gasteiger charge is 2.70. The Labute approximate surface area is 142 Å². The van der Waals surface area contributed by atoms with E-state index in [9.17, 15) is 19.7 Å². The van der Waals surface area contributed by atoms with Crippen molar-refractivity contribution in [2.45, 2.75) is 25.0 Å². The Morgan fingerprint density at radius 1 is 1.17 bits per heavy atom. The molecular weight excluding hydrogens is 336 g/mol. The summed E-state index contributed by atoms with van der Waals surface area (Å²) < 4.78 is 5.91. The predicted molar refractivity (Wildman–Crippen MR) is 84.6 cm³/mol. The molecule has 124 valence electrons. The number of ether oxygens (including phenoxy) is 1. The lowest BCUT2D eigenvalue weighted by atomic mass is 9.73. The minimum Gasteiger partial charge on any atom is -0.359 e. The number of fused-ring (bicyclic) bond motifs is 5. The zero-order valence-electron chi connectivity index (χ0n) is 12.9. The second-order valence-corrected chi connectivity index (χ2v) is 7.07. The highest BCUT2D eigenvalue weighted by atomic mass is 35.5. The predicted octanol–water partition coefficient (Wildman–Crippen LogP) is 2.47. The average molecular weight is 349 g/mol. The van der Waals surface area contributed by atoms with E-state index in [1.165, 1.54) is 12.1 Å². The lowest BCUT2D eigenvalue weighted by molar-refractivity contribution is -0.384. The number of anilines is 1. The topological polar surface area (TPSA) is 89.8 Å². The minimum atomic E-state index is -0.853. The molecule has 7 nitrogen and oxygen atoms in total. The summed E-state index contributed by atoms with van der Waals surface area (Å²) >= 11 is 6.11. The lowest BCUT2D eigenvalue weighted by Crippen LogP contribution is -2.39. The van der Waals surface area contributed by atoms with E-state index in [1.807, 2.05) is 0 Å². The van der Waals surface area contributed by atoms with E-state index >= 15 is 0 Å². The van der Waals surface area contributed by atoms with Crippen molar-refractivity contribution in [2.24, 2.45) is 11.8 Å². The molecule has 2 bridgehead atoms. The van der Waals surface area contributed by atoms with E-state index in [-0.39, 0.29) is 16.4 Å². The van der Waals surface area contributed by atoms with Crippen molar-refractivity contribution in [2.75, 3.05) is 4.90 Å². The Bertz CT molecular complexity index is 817. The first-order chi connectivity index (χ1) is 11.2. The van der Waals surface area contributed by atoms with Crippen LogP contribution in [0, 0.1) is 22.0 Å². The molecule has 24 heavy (non-hydrogen) atoms. The highest BCUT2D eigenvalue weighted by Crippen LogP contribution is 2.57. The first-order valence-electron chi connectivity index (χ1n) is 7.40. The maximum atomic E-state index is 12.9. The van der Waals surface area contributed by atoms with E-state index in [0.717, 1.165) is 11.0 Å². The van der Waals surface area contributed by atoms with Crippen molar-refractivity contribution < 1.29 is 19.2 Å². The van der Waals surface area contributed by atoms with Crippen LogP contribution in [0.15, 0.2) is 30.4 Å². The summed E-state index contributed by atoms with van der Waals surface area (Å²) in [6.45, 7) is 3.53. The summed E-state index contributed by atoms with van der Waals surface area (Å²) in [5, 5.41) is 11.1. The standard InChI is InChI=1S/C16H13ClN2O5/c1-15-5-6-16(2,24-15)12-11(15)13(20)18(14(12)21)10-7-8(19(22)23)3-4-9(10)17/h3-7,11-12H,1-2H3/t11-,12+,15-,16+. The largest absolute Gasteiger partial charge is 0.359 e. The fourth-order valence-corrected chi connectivity index (χ4v) is 4.26. The summed E-state index contributed by atoms with van der Waals surface area (Å²) in [5.74, 6) is -2.20. The molecule has 0 spiro atoms. The maximum absolute atomic E-state index is 12.9. The van der Waals surface area contributed by atoms with Gasteiger partial charge in [-0.25, -0.2) is 4.90 Å². The second kappa shape index (κ2) is 4.43. The van der Waals surface area contributed by atoms with Gasteiger partial charge in [-0.15, -0.1) is 0 Å². The third kappa shape index (κ3) is 1.71. The molecular formula is C16H13ClN2O5. The van der Waals surface area contributed by atoms with Crippen LogP contribution >= 0.6 is 11.6 Å². The van der Waals surface area contributed by atoms with Crippen molar-refractivity contribution in [3.63, 3.8) is 0 Å². The number of non-ortho nitro benzene ring substituents is 1. The number of benzene rings is 1. The Balaban J connectivity index is 1.83. The van der Waals surface area contributed by atoms with E-state index in [1.54, 1.807) is 26.0 Å². The number of imide groups is 1. The lowest BCUT2D eigenvalue weighted by Gasteiger charge is -2.25. The molecule has 2 fully saturated rings. The monoisotopic (exact) mass is 348 g/mol. The Morgan fingerprint density at radius 3 is 2.21 bits per heavy atom. The molecule has 0 aromatic heterocycles. The number of hydrogen-bond acceptors (Lipinski definition) is 5. The molecule has 0 unspecified atom stereocenters. The third-order valence-electron chi connectivity index (χ3n) is 5.11. The summed E-state index contributed by atoms with van der Waals surface area (Å²) in [6.07, 6.45) is 3.61. The number of carbonyl (C=O) groups is 2. The number of rotatable bonds is 2. The number of nitrogens with zero attached hydrogens (tertiary/aromatic N) is 2. The maximum Gasteiger partial charge on any atom is 0.271 e. The highest BCUT2D eigenvalue weighted by molar-refractivity contribution is 6.36. The van der Waals surface area contributed by atoms with Crippen LogP contribution in [0.3, 0.4) is 0 Å². The Hall–Kier alpha value is -2.25. The van der Waals surface area contributed by atoms with Crippen LogP contribution in [0.4, 0.5) is 11.4 Å². The fraction of sp³-hybridized carbons (Fsp3) is 0.375. The van der Waals surface area contributed by atoms with Gasteiger partial charge in [-0.05, 0) is 19.9 Å². The first-order valence-corrected chi connectivity index (χ1v) is 7.78. The van der Waals surface area contributed by atoms with Crippen LogP contribution in [-0.2, 0) is 14.3 Å². The van der Waals surface area contributed by atoms with Gasteiger partial charge in [0.1, 0.15) is 0 Å². The van der Waals surface area contributed by atoms with Gasteiger partial charge < -0.3 is 4.74 Å².